The summed E-state index contributed by atoms with van der Waals surface area (Å²) in [5.74, 6) is 7.40. The van der Waals surface area contributed by atoms with Crippen molar-refractivity contribution in [1.82, 2.24) is 0 Å². The molecule has 0 spiro atoms. The van der Waals surface area contributed by atoms with Crippen LogP contribution in [0.1, 0.15) is 80.0 Å². The van der Waals surface area contributed by atoms with Crippen molar-refractivity contribution in [2.75, 3.05) is 0 Å². The van der Waals surface area contributed by atoms with E-state index < -0.39 is 0 Å². The standard InChI is InChI=1S/C33H35F/c1-3-5-7-9-26-14-17-28(18-15-26)30-22-23-32-31(24-30)21-20-29(33(32)34)19-16-27-12-10-25(11-13-27)8-6-4-2/h3-5,10-13,20-24,26,28H,2,6-9,14-15,17-18H2,1H3/b5-3+. The summed E-state index contributed by atoms with van der Waals surface area (Å²) in [5, 5.41) is 1.64. The molecular weight excluding hydrogens is 415 g/mol. The highest BCUT2D eigenvalue weighted by Gasteiger charge is 2.22. The smallest absolute Gasteiger partial charge is 0.146 e. The Kier molecular flexibility index (Phi) is 8.37. The lowest BCUT2D eigenvalue weighted by atomic mass is 9.77. The van der Waals surface area contributed by atoms with Crippen LogP contribution < -0.4 is 0 Å². The molecule has 1 heteroatoms. The molecule has 0 unspecified atom stereocenters. The van der Waals surface area contributed by atoms with Crippen LogP contribution in [0.5, 0.6) is 0 Å². The Bertz CT molecular complexity index is 1200. The Balaban J connectivity index is 1.44. The Hall–Kier alpha value is -3.11. The first-order valence-corrected chi connectivity index (χ1v) is 12.7. The second kappa shape index (κ2) is 11.8. The SMILES string of the molecule is C=CCCc1ccc(C#Cc2ccc3cc(C4CCC(CC/C=C/C)CC4)ccc3c2F)cc1. The Morgan fingerprint density at radius 2 is 1.74 bits per heavy atom. The molecule has 1 saturated carbocycles. The predicted molar refractivity (Wildman–Crippen MR) is 144 cm³/mol. The zero-order valence-electron chi connectivity index (χ0n) is 20.3. The first-order valence-electron chi connectivity index (χ1n) is 12.7. The van der Waals surface area contributed by atoms with E-state index in [0.717, 1.165) is 29.7 Å². The highest BCUT2D eigenvalue weighted by atomic mass is 19.1. The normalized spacial score (nSPS) is 18.1. The number of hydrogen-bond acceptors (Lipinski definition) is 0. The van der Waals surface area contributed by atoms with Gasteiger partial charge >= 0.3 is 0 Å². The van der Waals surface area contributed by atoms with Crippen LogP contribution in [0.3, 0.4) is 0 Å². The van der Waals surface area contributed by atoms with Crippen molar-refractivity contribution in [1.29, 1.82) is 0 Å². The van der Waals surface area contributed by atoms with Gasteiger partial charge in [-0.1, -0.05) is 66.5 Å². The van der Waals surface area contributed by atoms with Gasteiger partial charge in [0.1, 0.15) is 5.82 Å². The molecule has 3 aromatic rings. The highest BCUT2D eigenvalue weighted by Crippen LogP contribution is 2.38. The number of rotatable bonds is 7. The molecule has 0 nitrogen and oxygen atoms in total. The minimum Gasteiger partial charge on any atom is -0.205 e. The summed E-state index contributed by atoms with van der Waals surface area (Å²) in [4.78, 5) is 0. The molecule has 34 heavy (non-hydrogen) atoms. The van der Waals surface area contributed by atoms with Crippen LogP contribution in [0.4, 0.5) is 4.39 Å². The van der Waals surface area contributed by atoms with E-state index in [1.165, 1.54) is 49.7 Å². The number of benzene rings is 3. The fraction of sp³-hybridized carbons (Fsp3) is 0.333. The van der Waals surface area contributed by atoms with E-state index in [2.05, 4.69) is 61.8 Å². The molecule has 0 radical (unpaired) electrons. The van der Waals surface area contributed by atoms with E-state index in [-0.39, 0.29) is 5.82 Å². The lowest BCUT2D eigenvalue weighted by Gasteiger charge is -2.28. The summed E-state index contributed by atoms with van der Waals surface area (Å²) in [6.07, 6.45) is 15.9. The molecule has 3 aromatic carbocycles. The van der Waals surface area contributed by atoms with Crippen molar-refractivity contribution in [2.45, 2.75) is 64.2 Å². The molecule has 0 atom stereocenters. The summed E-state index contributed by atoms with van der Waals surface area (Å²) in [6, 6.07) is 18.3. The van der Waals surface area contributed by atoms with Crippen molar-refractivity contribution in [2.24, 2.45) is 5.92 Å². The number of fused-ring (bicyclic) bond motifs is 1. The third-order valence-corrected chi connectivity index (χ3v) is 7.21. The minimum atomic E-state index is -0.216. The van der Waals surface area contributed by atoms with Crippen LogP contribution in [0.15, 0.2) is 79.4 Å². The van der Waals surface area contributed by atoms with Crippen LogP contribution in [0.2, 0.25) is 0 Å². The number of hydrogen-bond donors (Lipinski definition) is 0. The van der Waals surface area contributed by atoms with Crippen molar-refractivity contribution in [3.63, 3.8) is 0 Å². The number of halogens is 1. The fourth-order valence-electron chi connectivity index (χ4n) is 5.11. The summed E-state index contributed by atoms with van der Waals surface area (Å²) in [5.41, 5.74) is 3.98. The topological polar surface area (TPSA) is 0 Å². The van der Waals surface area contributed by atoms with Crippen molar-refractivity contribution in [3.8, 4) is 11.8 Å². The second-order valence-corrected chi connectivity index (χ2v) is 9.55. The molecule has 1 aliphatic rings. The third kappa shape index (κ3) is 6.06. The minimum absolute atomic E-state index is 0.216. The van der Waals surface area contributed by atoms with Gasteiger partial charge in [-0.05, 0) is 105 Å². The lowest BCUT2D eigenvalue weighted by Crippen LogP contribution is -2.13. The van der Waals surface area contributed by atoms with Gasteiger partial charge in [-0.25, -0.2) is 4.39 Å². The van der Waals surface area contributed by atoms with E-state index >= 15 is 4.39 Å². The van der Waals surface area contributed by atoms with Crippen LogP contribution in [-0.4, -0.2) is 0 Å². The van der Waals surface area contributed by atoms with Gasteiger partial charge in [0, 0.05) is 10.9 Å². The maximum atomic E-state index is 15.2. The van der Waals surface area contributed by atoms with E-state index in [0.29, 0.717) is 16.9 Å². The maximum absolute atomic E-state index is 15.2. The van der Waals surface area contributed by atoms with Crippen LogP contribution in [-0.2, 0) is 6.42 Å². The van der Waals surface area contributed by atoms with Gasteiger partial charge in [0.25, 0.3) is 0 Å². The fourth-order valence-corrected chi connectivity index (χ4v) is 5.11. The Morgan fingerprint density at radius 3 is 2.47 bits per heavy atom. The Labute approximate surface area is 204 Å². The summed E-state index contributed by atoms with van der Waals surface area (Å²) in [7, 11) is 0. The lowest BCUT2D eigenvalue weighted by molar-refractivity contribution is 0.312. The van der Waals surface area contributed by atoms with E-state index in [4.69, 9.17) is 0 Å². The molecule has 0 heterocycles. The molecule has 0 aliphatic heterocycles. The molecule has 1 fully saturated rings. The van der Waals surface area contributed by atoms with Gasteiger partial charge in [-0.2, -0.15) is 0 Å². The van der Waals surface area contributed by atoms with Gasteiger partial charge in [-0.3, -0.25) is 0 Å². The summed E-state index contributed by atoms with van der Waals surface area (Å²) in [6.45, 7) is 5.87. The number of aryl methyl sites for hydroxylation is 1. The van der Waals surface area contributed by atoms with Crippen molar-refractivity contribution >= 4 is 10.8 Å². The quantitative estimate of drug-likeness (QED) is 0.249. The average molecular weight is 451 g/mol. The van der Waals surface area contributed by atoms with E-state index in [9.17, 15) is 0 Å². The molecule has 1 aliphatic carbocycles. The van der Waals surface area contributed by atoms with Crippen LogP contribution in [0, 0.1) is 23.6 Å². The zero-order valence-corrected chi connectivity index (χ0v) is 20.3. The van der Waals surface area contributed by atoms with Gasteiger partial charge < -0.3 is 0 Å². The molecule has 0 amide bonds. The third-order valence-electron chi connectivity index (χ3n) is 7.21. The number of allylic oxidation sites excluding steroid dienone is 3. The van der Waals surface area contributed by atoms with Gasteiger partial charge in [0.05, 0.1) is 5.56 Å². The molecule has 174 valence electrons. The van der Waals surface area contributed by atoms with Crippen LogP contribution in [0.25, 0.3) is 10.8 Å². The molecule has 4 rings (SSSR count). The highest BCUT2D eigenvalue weighted by molar-refractivity contribution is 5.85. The molecule has 0 saturated heterocycles. The molecular formula is C33H35F. The van der Waals surface area contributed by atoms with Gasteiger partial charge in [0.15, 0.2) is 0 Å². The monoisotopic (exact) mass is 450 g/mol. The van der Waals surface area contributed by atoms with E-state index in [1.807, 2.05) is 36.4 Å². The molecule has 0 bridgehead atoms. The first kappa shape index (κ1) is 24.0. The van der Waals surface area contributed by atoms with Crippen molar-refractivity contribution in [3.05, 3.63) is 107 Å². The first-order chi connectivity index (χ1) is 16.7. The van der Waals surface area contributed by atoms with Gasteiger partial charge in [-0.15, -0.1) is 6.58 Å². The second-order valence-electron chi connectivity index (χ2n) is 9.55. The van der Waals surface area contributed by atoms with Crippen molar-refractivity contribution < 1.29 is 4.39 Å². The molecule has 0 N–H and O–H groups in total. The zero-order chi connectivity index (χ0) is 23.8. The van der Waals surface area contributed by atoms with E-state index in [1.54, 1.807) is 0 Å². The molecule has 0 aromatic heterocycles. The largest absolute Gasteiger partial charge is 0.205 e. The predicted octanol–water partition coefficient (Wildman–Crippen LogP) is 9.13. The average Bonchev–Trinajstić information content (AvgIpc) is 2.88. The van der Waals surface area contributed by atoms with Gasteiger partial charge in [0.2, 0.25) is 0 Å². The van der Waals surface area contributed by atoms with Crippen LogP contribution >= 0.6 is 0 Å². The maximum Gasteiger partial charge on any atom is 0.146 e. The Morgan fingerprint density at radius 1 is 0.941 bits per heavy atom. The summed E-state index contributed by atoms with van der Waals surface area (Å²) >= 11 is 0. The summed E-state index contributed by atoms with van der Waals surface area (Å²) < 4.78 is 15.2.